The average molecular weight is 340 g/mol. The summed E-state index contributed by atoms with van der Waals surface area (Å²) >= 11 is 5.84. The van der Waals surface area contributed by atoms with Crippen molar-refractivity contribution in [3.05, 3.63) is 35.2 Å². The molecular formula is C13H15ClN5O2P. The van der Waals surface area contributed by atoms with Gasteiger partial charge in [-0.3, -0.25) is 4.79 Å². The molecule has 0 saturated carbocycles. The molecular weight excluding hydrogens is 325 g/mol. The van der Waals surface area contributed by atoms with Gasteiger partial charge in [-0.25, -0.2) is 4.98 Å². The van der Waals surface area contributed by atoms with Crippen LogP contribution in [0.2, 0.25) is 5.15 Å². The van der Waals surface area contributed by atoms with Crippen molar-refractivity contribution in [3.63, 3.8) is 0 Å². The van der Waals surface area contributed by atoms with E-state index in [-0.39, 0.29) is 10.8 Å². The van der Waals surface area contributed by atoms with E-state index in [2.05, 4.69) is 25.8 Å². The van der Waals surface area contributed by atoms with Gasteiger partial charge in [0.15, 0.2) is 10.8 Å². The first kappa shape index (κ1) is 16.4. The normalized spacial score (nSPS) is 11.1. The molecule has 2 aromatic rings. The van der Waals surface area contributed by atoms with Crippen molar-refractivity contribution in [2.75, 3.05) is 25.7 Å². The molecule has 1 amide bonds. The van der Waals surface area contributed by atoms with Crippen LogP contribution in [0.4, 0.5) is 11.5 Å². The van der Waals surface area contributed by atoms with Crippen molar-refractivity contribution in [2.24, 2.45) is 0 Å². The fraction of sp³-hybridized carbons (Fsp3) is 0.231. The third-order valence-electron chi connectivity index (χ3n) is 2.83. The summed E-state index contributed by atoms with van der Waals surface area (Å²) in [6.45, 7) is 3.29. The first-order valence-electron chi connectivity index (χ1n) is 6.36. The van der Waals surface area contributed by atoms with E-state index in [9.17, 15) is 9.36 Å². The number of aromatic nitrogens is 3. The Labute approximate surface area is 132 Å². The number of halogens is 1. The monoisotopic (exact) mass is 339 g/mol. The fourth-order valence-electron chi connectivity index (χ4n) is 1.80. The van der Waals surface area contributed by atoms with E-state index in [1.165, 1.54) is 13.1 Å². The number of nitrogens with one attached hydrogen (secondary N) is 2. The molecule has 7 nitrogen and oxygen atoms in total. The van der Waals surface area contributed by atoms with Crippen molar-refractivity contribution < 1.29 is 9.36 Å². The zero-order chi connectivity index (χ0) is 16.3. The van der Waals surface area contributed by atoms with Gasteiger partial charge in [0.25, 0.3) is 5.91 Å². The van der Waals surface area contributed by atoms with Crippen LogP contribution in [0.5, 0.6) is 0 Å². The number of nitrogens with zero attached hydrogens (tertiary/aromatic N) is 3. The summed E-state index contributed by atoms with van der Waals surface area (Å²) in [4.78, 5) is 16.0. The van der Waals surface area contributed by atoms with Gasteiger partial charge in [-0.15, -0.1) is 10.2 Å². The second kappa shape index (κ2) is 6.42. The zero-order valence-corrected chi connectivity index (χ0v) is 13.9. The van der Waals surface area contributed by atoms with Crippen LogP contribution in [0.1, 0.15) is 10.5 Å². The molecule has 116 valence electrons. The number of anilines is 2. The van der Waals surface area contributed by atoms with Crippen molar-refractivity contribution in [3.8, 4) is 0 Å². The highest BCUT2D eigenvalue weighted by atomic mass is 35.5. The Balaban J connectivity index is 2.50. The topological polar surface area (TPSA) is 96.9 Å². The van der Waals surface area contributed by atoms with Gasteiger partial charge in [0.05, 0.1) is 11.0 Å². The predicted molar refractivity (Wildman–Crippen MR) is 87.0 cm³/mol. The molecule has 0 aliphatic heterocycles. The minimum Gasteiger partial charge on any atom is -0.354 e. The number of pyridine rings is 1. The van der Waals surface area contributed by atoms with Crippen LogP contribution in [0.15, 0.2) is 24.4 Å². The van der Waals surface area contributed by atoms with Crippen LogP contribution in [0, 0.1) is 0 Å². The summed E-state index contributed by atoms with van der Waals surface area (Å²) in [5.74, 6) is -0.0228. The van der Waals surface area contributed by atoms with E-state index in [0.717, 1.165) is 0 Å². The molecule has 0 aromatic carbocycles. The quantitative estimate of drug-likeness (QED) is 0.825. The molecule has 2 rings (SSSR count). The first-order valence-corrected chi connectivity index (χ1v) is 9.33. The van der Waals surface area contributed by atoms with Crippen molar-refractivity contribution in [2.45, 2.75) is 0 Å². The van der Waals surface area contributed by atoms with Crippen LogP contribution >= 0.6 is 18.7 Å². The lowest BCUT2D eigenvalue weighted by Gasteiger charge is -2.15. The molecule has 9 heteroatoms. The largest absolute Gasteiger partial charge is 0.354 e. The molecule has 0 aliphatic rings. The number of carbonyl (C=O) groups excluding carboxylic acids is 1. The molecule has 2 heterocycles. The van der Waals surface area contributed by atoms with Gasteiger partial charge in [-0.2, -0.15) is 0 Å². The van der Waals surface area contributed by atoms with E-state index in [0.29, 0.717) is 16.8 Å². The Morgan fingerprint density at radius 2 is 2.05 bits per heavy atom. The maximum absolute atomic E-state index is 12.4. The van der Waals surface area contributed by atoms with E-state index < -0.39 is 13.0 Å². The molecule has 0 unspecified atom stereocenters. The molecule has 0 radical (unpaired) electrons. The van der Waals surface area contributed by atoms with Crippen LogP contribution < -0.4 is 15.9 Å². The molecule has 2 N–H and O–H groups in total. The molecule has 22 heavy (non-hydrogen) atoms. The lowest BCUT2D eigenvalue weighted by molar-refractivity contribution is 0.0958. The highest BCUT2D eigenvalue weighted by Crippen LogP contribution is 2.37. The smallest absolute Gasteiger partial charge is 0.273 e. The lowest BCUT2D eigenvalue weighted by atomic mass is 10.3. The summed E-state index contributed by atoms with van der Waals surface area (Å²) in [5, 5.41) is 13.6. The third-order valence-corrected chi connectivity index (χ3v) is 4.53. The fourth-order valence-corrected chi connectivity index (χ4v) is 3.02. The van der Waals surface area contributed by atoms with Gasteiger partial charge >= 0.3 is 0 Å². The molecule has 0 atom stereocenters. The van der Waals surface area contributed by atoms with Gasteiger partial charge < -0.3 is 15.2 Å². The van der Waals surface area contributed by atoms with Crippen LogP contribution in [-0.2, 0) is 4.57 Å². The Bertz CT molecular complexity index is 762. The molecule has 2 aromatic heterocycles. The minimum atomic E-state index is -2.54. The second-order valence-electron chi connectivity index (χ2n) is 4.86. The first-order chi connectivity index (χ1) is 10.3. The summed E-state index contributed by atoms with van der Waals surface area (Å²) < 4.78 is 12.4. The molecule has 0 fully saturated rings. The zero-order valence-electron chi connectivity index (χ0n) is 12.3. The predicted octanol–water partition coefficient (Wildman–Crippen LogP) is 1.88. The number of amides is 1. The van der Waals surface area contributed by atoms with Crippen molar-refractivity contribution in [1.29, 1.82) is 0 Å². The Kier molecular flexibility index (Phi) is 4.78. The van der Waals surface area contributed by atoms with Gasteiger partial charge in [-0.05, 0) is 25.5 Å². The SMILES string of the molecule is CNC(=O)c1nnc(Cl)cc1Nc1ncccc1P(C)(C)=O. The lowest BCUT2D eigenvalue weighted by Crippen LogP contribution is -2.22. The van der Waals surface area contributed by atoms with E-state index in [1.807, 2.05) is 0 Å². The standard InChI is InChI=1S/C13H15ClN5O2P/c1-15-13(20)11-8(7-10(14)18-19-11)17-12-9(22(2,3)21)5-4-6-16-12/h4-7H,1-3H3,(H,15,20)(H,16,17,18). The van der Waals surface area contributed by atoms with Crippen LogP contribution in [-0.4, -0.2) is 41.5 Å². The number of carbonyl (C=O) groups is 1. The van der Waals surface area contributed by atoms with Gasteiger partial charge in [-0.1, -0.05) is 11.6 Å². The molecule has 0 aliphatic carbocycles. The molecule has 0 spiro atoms. The maximum Gasteiger partial charge on any atom is 0.273 e. The minimum absolute atomic E-state index is 0.0746. The summed E-state index contributed by atoms with van der Waals surface area (Å²) in [5.41, 5.74) is 0.415. The van der Waals surface area contributed by atoms with Gasteiger partial charge in [0.2, 0.25) is 0 Å². The second-order valence-corrected chi connectivity index (χ2v) is 8.43. The number of hydrogen-bond acceptors (Lipinski definition) is 6. The van der Waals surface area contributed by atoms with E-state index in [1.54, 1.807) is 31.7 Å². The molecule has 0 bridgehead atoms. The maximum atomic E-state index is 12.4. The highest BCUT2D eigenvalue weighted by Gasteiger charge is 2.20. The van der Waals surface area contributed by atoms with Crippen LogP contribution in [0.3, 0.4) is 0 Å². The summed E-state index contributed by atoms with van der Waals surface area (Å²) in [7, 11) is -1.06. The van der Waals surface area contributed by atoms with E-state index >= 15 is 0 Å². The van der Waals surface area contributed by atoms with Gasteiger partial charge in [0, 0.05) is 19.3 Å². The third kappa shape index (κ3) is 3.61. The Morgan fingerprint density at radius 1 is 1.32 bits per heavy atom. The Hall–Kier alpha value is -1.98. The van der Waals surface area contributed by atoms with Crippen molar-refractivity contribution >= 4 is 41.5 Å². The highest BCUT2D eigenvalue weighted by molar-refractivity contribution is 7.70. The molecule has 0 saturated heterocycles. The number of rotatable bonds is 4. The van der Waals surface area contributed by atoms with E-state index in [4.69, 9.17) is 11.6 Å². The Morgan fingerprint density at radius 3 is 2.68 bits per heavy atom. The summed E-state index contributed by atoms with van der Waals surface area (Å²) in [6, 6.07) is 4.90. The van der Waals surface area contributed by atoms with Crippen molar-refractivity contribution in [1.82, 2.24) is 20.5 Å². The van der Waals surface area contributed by atoms with Gasteiger partial charge in [0.1, 0.15) is 13.0 Å². The average Bonchev–Trinajstić information content (AvgIpc) is 2.46. The number of hydrogen-bond donors (Lipinski definition) is 2. The summed E-state index contributed by atoms with van der Waals surface area (Å²) in [6.07, 6.45) is 1.57. The van der Waals surface area contributed by atoms with Crippen LogP contribution in [0.25, 0.3) is 0 Å².